The van der Waals surface area contributed by atoms with E-state index >= 15 is 0 Å². The number of benzene rings is 1. The number of rotatable bonds is 6. The Hall–Kier alpha value is -1.64. The number of carbonyl (C=O) groups is 1. The minimum Gasteiger partial charge on any atom is -0.273 e. The molecule has 1 aromatic rings. The maximum absolute atomic E-state index is 11.5. The fourth-order valence-corrected chi connectivity index (χ4v) is 1.60. The van der Waals surface area contributed by atoms with Crippen LogP contribution in [0, 0.1) is 6.92 Å². The Bertz CT molecular complexity index is 407. The number of amides is 1. The molecule has 18 heavy (non-hydrogen) atoms. The molecule has 98 valence electrons. The summed E-state index contributed by atoms with van der Waals surface area (Å²) in [6.45, 7) is 6.07. The SMILES string of the molecule is CCCCCC(=O)N/N=C(\C)c1ccc(C)cc1. The van der Waals surface area contributed by atoms with Gasteiger partial charge in [-0.1, -0.05) is 49.6 Å². The zero-order chi connectivity index (χ0) is 13.4. The van der Waals surface area contributed by atoms with Crippen molar-refractivity contribution in [2.75, 3.05) is 0 Å². The lowest BCUT2D eigenvalue weighted by Crippen LogP contribution is -2.18. The number of hydrogen-bond donors (Lipinski definition) is 1. The van der Waals surface area contributed by atoms with Gasteiger partial charge in [-0.05, 0) is 25.8 Å². The van der Waals surface area contributed by atoms with E-state index in [4.69, 9.17) is 0 Å². The molecule has 0 atom stereocenters. The molecule has 1 rings (SSSR count). The summed E-state index contributed by atoms with van der Waals surface area (Å²) in [6, 6.07) is 8.10. The molecule has 1 aromatic carbocycles. The van der Waals surface area contributed by atoms with Gasteiger partial charge in [0.2, 0.25) is 5.91 Å². The van der Waals surface area contributed by atoms with Gasteiger partial charge in [-0.25, -0.2) is 5.43 Å². The summed E-state index contributed by atoms with van der Waals surface area (Å²) in [7, 11) is 0. The molecule has 0 saturated heterocycles. The molecule has 0 radical (unpaired) electrons. The number of nitrogens with zero attached hydrogens (tertiary/aromatic N) is 1. The smallest absolute Gasteiger partial charge is 0.240 e. The molecule has 0 aromatic heterocycles. The van der Waals surface area contributed by atoms with Gasteiger partial charge in [0.1, 0.15) is 0 Å². The number of nitrogens with one attached hydrogen (secondary N) is 1. The standard InChI is InChI=1S/C15H22N2O/c1-4-5-6-7-15(18)17-16-13(3)14-10-8-12(2)9-11-14/h8-11H,4-7H2,1-3H3,(H,17,18)/b16-13+. The van der Waals surface area contributed by atoms with Gasteiger partial charge in [0, 0.05) is 6.42 Å². The van der Waals surface area contributed by atoms with Gasteiger partial charge in [-0.15, -0.1) is 0 Å². The number of aryl methyl sites for hydroxylation is 1. The van der Waals surface area contributed by atoms with Crippen LogP contribution in [-0.4, -0.2) is 11.6 Å². The quantitative estimate of drug-likeness (QED) is 0.466. The molecule has 0 unspecified atom stereocenters. The van der Waals surface area contributed by atoms with E-state index < -0.39 is 0 Å². The second-order valence-corrected chi connectivity index (χ2v) is 4.56. The van der Waals surface area contributed by atoms with Crippen LogP contribution < -0.4 is 5.43 Å². The third-order valence-electron chi connectivity index (χ3n) is 2.83. The lowest BCUT2D eigenvalue weighted by atomic mass is 10.1. The number of hydrazone groups is 1. The highest BCUT2D eigenvalue weighted by molar-refractivity contribution is 5.99. The molecule has 0 heterocycles. The van der Waals surface area contributed by atoms with Crippen molar-refractivity contribution in [2.45, 2.75) is 46.5 Å². The fourth-order valence-electron chi connectivity index (χ4n) is 1.60. The average molecular weight is 246 g/mol. The fraction of sp³-hybridized carbons (Fsp3) is 0.467. The first-order valence-corrected chi connectivity index (χ1v) is 6.53. The molecule has 3 nitrogen and oxygen atoms in total. The van der Waals surface area contributed by atoms with E-state index in [1.54, 1.807) is 0 Å². The second-order valence-electron chi connectivity index (χ2n) is 4.56. The van der Waals surface area contributed by atoms with Crippen molar-refractivity contribution in [2.24, 2.45) is 5.10 Å². The maximum atomic E-state index is 11.5. The zero-order valence-electron chi connectivity index (χ0n) is 11.5. The number of hydrogen-bond acceptors (Lipinski definition) is 2. The molecule has 0 saturated carbocycles. The highest BCUT2D eigenvalue weighted by Crippen LogP contribution is 2.04. The third kappa shape index (κ3) is 5.13. The van der Waals surface area contributed by atoms with Crippen LogP contribution in [0.25, 0.3) is 0 Å². The van der Waals surface area contributed by atoms with Crippen molar-refractivity contribution in [1.29, 1.82) is 0 Å². The Morgan fingerprint density at radius 1 is 1.22 bits per heavy atom. The Kier molecular flexibility index (Phi) is 6.12. The zero-order valence-corrected chi connectivity index (χ0v) is 11.5. The molecular formula is C15H22N2O. The average Bonchev–Trinajstić information content (AvgIpc) is 2.37. The van der Waals surface area contributed by atoms with Gasteiger partial charge in [-0.2, -0.15) is 5.10 Å². The Balaban J connectivity index is 2.46. The molecule has 1 N–H and O–H groups in total. The van der Waals surface area contributed by atoms with Crippen LogP contribution in [0.15, 0.2) is 29.4 Å². The van der Waals surface area contributed by atoms with Crippen molar-refractivity contribution in [3.8, 4) is 0 Å². The van der Waals surface area contributed by atoms with Crippen LogP contribution in [0.2, 0.25) is 0 Å². The lowest BCUT2D eigenvalue weighted by molar-refractivity contribution is -0.121. The van der Waals surface area contributed by atoms with Gasteiger partial charge < -0.3 is 0 Å². The molecule has 0 aliphatic heterocycles. The topological polar surface area (TPSA) is 41.5 Å². The van der Waals surface area contributed by atoms with Crippen LogP contribution in [0.5, 0.6) is 0 Å². The van der Waals surface area contributed by atoms with Crippen molar-refractivity contribution >= 4 is 11.6 Å². The highest BCUT2D eigenvalue weighted by Gasteiger charge is 2.00. The molecule has 1 amide bonds. The lowest BCUT2D eigenvalue weighted by Gasteiger charge is -2.03. The summed E-state index contributed by atoms with van der Waals surface area (Å²) in [6.07, 6.45) is 3.70. The van der Waals surface area contributed by atoms with Crippen molar-refractivity contribution < 1.29 is 4.79 Å². The second kappa shape index (κ2) is 7.64. The molecule has 0 aliphatic rings. The Morgan fingerprint density at radius 2 is 1.89 bits per heavy atom. The van der Waals surface area contributed by atoms with Crippen LogP contribution in [0.1, 0.15) is 50.7 Å². The Labute approximate surface area is 109 Å². The van der Waals surface area contributed by atoms with Crippen LogP contribution in [-0.2, 0) is 4.79 Å². The van der Waals surface area contributed by atoms with Gasteiger partial charge in [0.05, 0.1) is 5.71 Å². The van der Waals surface area contributed by atoms with Crippen molar-refractivity contribution in [3.05, 3.63) is 35.4 Å². The summed E-state index contributed by atoms with van der Waals surface area (Å²) in [5.41, 5.74) is 5.69. The number of unbranched alkanes of at least 4 members (excludes halogenated alkanes) is 2. The molecular weight excluding hydrogens is 224 g/mol. The summed E-state index contributed by atoms with van der Waals surface area (Å²) in [4.78, 5) is 11.5. The van der Waals surface area contributed by atoms with Crippen LogP contribution in [0.3, 0.4) is 0 Å². The van der Waals surface area contributed by atoms with Gasteiger partial charge in [-0.3, -0.25) is 4.79 Å². The minimum absolute atomic E-state index is 0.00471. The Morgan fingerprint density at radius 3 is 2.50 bits per heavy atom. The van der Waals surface area contributed by atoms with Gasteiger partial charge in [0.25, 0.3) is 0 Å². The first kappa shape index (κ1) is 14.4. The maximum Gasteiger partial charge on any atom is 0.240 e. The molecule has 0 fully saturated rings. The van der Waals surface area contributed by atoms with E-state index in [0.717, 1.165) is 30.5 Å². The van der Waals surface area contributed by atoms with E-state index in [-0.39, 0.29) is 5.91 Å². The normalized spacial score (nSPS) is 11.4. The molecule has 3 heteroatoms. The highest BCUT2D eigenvalue weighted by atomic mass is 16.2. The molecule has 0 bridgehead atoms. The van der Waals surface area contributed by atoms with Gasteiger partial charge in [0.15, 0.2) is 0 Å². The molecule has 0 aliphatic carbocycles. The van der Waals surface area contributed by atoms with E-state index in [2.05, 4.69) is 17.5 Å². The van der Waals surface area contributed by atoms with Crippen LogP contribution in [0.4, 0.5) is 0 Å². The first-order valence-electron chi connectivity index (χ1n) is 6.53. The molecule has 0 spiro atoms. The van der Waals surface area contributed by atoms with Crippen molar-refractivity contribution in [1.82, 2.24) is 5.43 Å². The summed E-state index contributed by atoms with van der Waals surface area (Å²) in [5.74, 6) is -0.00471. The predicted octanol–water partition coefficient (Wildman–Crippen LogP) is 3.42. The van der Waals surface area contributed by atoms with E-state index in [1.165, 1.54) is 5.56 Å². The summed E-state index contributed by atoms with van der Waals surface area (Å²) in [5, 5.41) is 4.12. The monoisotopic (exact) mass is 246 g/mol. The minimum atomic E-state index is -0.00471. The van der Waals surface area contributed by atoms with E-state index in [1.807, 2.05) is 38.1 Å². The van der Waals surface area contributed by atoms with Crippen LogP contribution >= 0.6 is 0 Å². The predicted molar refractivity (Wildman–Crippen MR) is 75.7 cm³/mol. The first-order chi connectivity index (χ1) is 8.63. The van der Waals surface area contributed by atoms with E-state index in [0.29, 0.717) is 6.42 Å². The summed E-state index contributed by atoms with van der Waals surface area (Å²) >= 11 is 0. The van der Waals surface area contributed by atoms with E-state index in [9.17, 15) is 4.79 Å². The van der Waals surface area contributed by atoms with Crippen molar-refractivity contribution in [3.63, 3.8) is 0 Å². The third-order valence-corrected chi connectivity index (χ3v) is 2.83. The largest absolute Gasteiger partial charge is 0.273 e. The number of carbonyl (C=O) groups excluding carboxylic acids is 1. The van der Waals surface area contributed by atoms with Gasteiger partial charge >= 0.3 is 0 Å². The summed E-state index contributed by atoms with van der Waals surface area (Å²) < 4.78 is 0.